The quantitative estimate of drug-likeness (QED) is 0.728. The largest absolute Gasteiger partial charge is 0.352 e. The number of anilines is 1. The average molecular weight is 421 g/mol. The van der Waals surface area contributed by atoms with Crippen LogP contribution in [0.4, 0.5) is 5.69 Å². The van der Waals surface area contributed by atoms with E-state index in [0.717, 1.165) is 17.1 Å². The molecular formula is C20H21ClN2O4S. The van der Waals surface area contributed by atoms with Gasteiger partial charge < -0.3 is 5.32 Å². The third-order valence-electron chi connectivity index (χ3n) is 4.56. The summed E-state index contributed by atoms with van der Waals surface area (Å²) < 4.78 is 25.1. The minimum Gasteiger partial charge on any atom is -0.352 e. The summed E-state index contributed by atoms with van der Waals surface area (Å²) >= 11 is 6.19. The van der Waals surface area contributed by atoms with E-state index in [-0.39, 0.29) is 27.9 Å². The van der Waals surface area contributed by atoms with Crippen LogP contribution in [-0.2, 0) is 21.2 Å². The van der Waals surface area contributed by atoms with Gasteiger partial charge >= 0.3 is 0 Å². The Labute approximate surface area is 169 Å². The van der Waals surface area contributed by atoms with E-state index in [9.17, 15) is 18.0 Å². The highest BCUT2D eigenvalue weighted by Gasteiger charge is 2.42. The van der Waals surface area contributed by atoms with Crippen molar-refractivity contribution in [2.24, 2.45) is 5.92 Å². The summed E-state index contributed by atoms with van der Waals surface area (Å²) in [6, 6.07) is 14.2. The van der Waals surface area contributed by atoms with Gasteiger partial charge in [-0.25, -0.2) is 12.7 Å². The zero-order valence-corrected chi connectivity index (χ0v) is 17.0. The van der Waals surface area contributed by atoms with Crippen molar-refractivity contribution in [3.63, 3.8) is 0 Å². The van der Waals surface area contributed by atoms with E-state index in [4.69, 9.17) is 11.6 Å². The van der Waals surface area contributed by atoms with E-state index >= 15 is 0 Å². The van der Waals surface area contributed by atoms with Crippen LogP contribution in [0.5, 0.6) is 0 Å². The topological polar surface area (TPSA) is 83.6 Å². The standard InChI is InChI=1S/C20H21ClN2O4S/c1-14-13-28(26,27)23(20(14)25)16-9-10-17(18(21)12-16)19(24)22-11-5-8-15-6-3-2-4-7-15/h2-4,6-7,9-10,12,14H,5,8,11,13H2,1H3,(H,22,24). The van der Waals surface area contributed by atoms with E-state index < -0.39 is 21.8 Å². The third kappa shape index (κ3) is 4.36. The molecule has 1 N–H and O–H groups in total. The highest BCUT2D eigenvalue weighted by atomic mass is 35.5. The van der Waals surface area contributed by atoms with Gasteiger partial charge in [-0.3, -0.25) is 9.59 Å². The molecule has 1 atom stereocenters. The number of sulfonamides is 1. The van der Waals surface area contributed by atoms with Crippen LogP contribution in [0, 0.1) is 5.92 Å². The predicted molar refractivity (Wildman–Crippen MR) is 109 cm³/mol. The van der Waals surface area contributed by atoms with Gasteiger partial charge in [-0.2, -0.15) is 0 Å². The van der Waals surface area contributed by atoms with E-state index in [2.05, 4.69) is 5.32 Å². The molecule has 6 nitrogen and oxygen atoms in total. The molecule has 0 bridgehead atoms. The summed E-state index contributed by atoms with van der Waals surface area (Å²) in [7, 11) is -3.71. The molecule has 0 aliphatic carbocycles. The van der Waals surface area contributed by atoms with Crippen LogP contribution in [0.2, 0.25) is 5.02 Å². The Balaban J connectivity index is 1.64. The smallest absolute Gasteiger partial charge is 0.252 e. The number of amides is 2. The number of rotatable bonds is 6. The second kappa shape index (κ2) is 8.32. The van der Waals surface area contributed by atoms with Crippen LogP contribution in [0.3, 0.4) is 0 Å². The second-order valence-corrected chi connectivity index (χ2v) is 9.06. The number of aryl methyl sites for hydroxylation is 1. The number of carbonyl (C=O) groups excluding carboxylic acids is 2. The van der Waals surface area contributed by atoms with Crippen LogP contribution in [0.25, 0.3) is 0 Å². The first-order valence-electron chi connectivity index (χ1n) is 8.98. The summed E-state index contributed by atoms with van der Waals surface area (Å²) in [5.41, 5.74) is 1.59. The fourth-order valence-electron chi connectivity index (χ4n) is 3.14. The number of hydrogen-bond acceptors (Lipinski definition) is 4. The highest BCUT2D eigenvalue weighted by Crippen LogP contribution is 2.31. The molecule has 28 heavy (non-hydrogen) atoms. The molecule has 1 fully saturated rings. The Bertz CT molecular complexity index is 993. The number of halogens is 1. The molecule has 1 unspecified atom stereocenters. The van der Waals surface area contributed by atoms with Crippen LogP contribution < -0.4 is 9.62 Å². The lowest BCUT2D eigenvalue weighted by Gasteiger charge is -2.16. The predicted octanol–water partition coefficient (Wildman–Crippen LogP) is 3.02. The Morgan fingerprint density at radius 2 is 1.93 bits per heavy atom. The summed E-state index contributed by atoms with van der Waals surface area (Å²) in [6.45, 7) is 2.06. The molecule has 0 spiro atoms. The van der Waals surface area contributed by atoms with Crippen LogP contribution in [-0.4, -0.2) is 32.5 Å². The number of nitrogens with zero attached hydrogens (tertiary/aromatic N) is 1. The highest BCUT2D eigenvalue weighted by molar-refractivity contribution is 7.94. The van der Waals surface area contributed by atoms with Gasteiger partial charge in [0.25, 0.3) is 5.91 Å². The fraction of sp³-hybridized carbons (Fsp3) is 0.300. The number of carbonyl (C=O) groups is 2. The molecule has 0 aromatic heterocycles. The second-order valence-electron chi connectivity index (χ2n) is 6.79. The third-order valence-corrected chi connectivity index (χ3v) is 6.74. The van der Waals surface area contributed by atoms with Crippen molar-refractivity contribution in [2.45, 2.75) is 19.8 Å². The van der Waals surface area contributed by atoms with Crippen molar-refractivity contribution in [3.05, 3.63) is 64.7 Å². The molecular weight excluding hydrogens is 400 g/mol. The van der Waals surface area contributed by atoms with Gasteiger partial charge in [0.15, 0.2) is 0 Å². The molecule has 8 heteroatoms. The maximum absolute atomic E-state index is 12.4. The Hall–Kier alpha value is -2.38. The Morgan fingerprint density at radius 3 is 2.54 bits per heavy atom. The molecule has 148 valence electrons. The van der Waals surface area contributed by atoms with Gasteiger partial charge in [0.05, 0.1) is 27.9 Å². The molecule has 0 saturated carbocycles. The van der Waals surface area contributed by atoms with Gasteiger partial charge in [0, 0.05) is 6.54 Å². The van der Waals surface area contributed by atoms with Crippen molar-refractivity contribution in [3.8, 4) is 0 Å². The van der Waals surface area contributed by atoms with Gasteiger partial charge in [0.2, 0.25) is 15.9 Å². The lowest BCUT2D eigenvalue weighted by molar-refractivity contribution is -0.119. The average Bonchev–Trinajstić information content (AvgIpc) is 2.86. The minimum atomic E-state index is -3.71. The molecule has 3 rings (SSSR count). The molecule has 1 aliphatic heterocycles. The first kappa shape index (κ1) is 20.4. The van der Waals surface area contributed by atoms with Gasteiger partial charge in [-0.15, -0.1) is 0 Å². The normalized spacial score (nSPS) is 18.3. The molecule has 2 aromatic carbocycles. The van der Waals surface area contributed by atoms with Gasteiger partial charge in [-0.1, -0.05) is 48.9 Å². The zero-order valence-electron chi connectivity index (χ0n) is 15.4. The molecule has 2 amide bonds. The first-order valence-corrected chi connectivity index (χ1v) is 11.0. The maximum atomic E-state index is 12.4. The van der Waals surface area contributed by atoms with Gasteiger partial charge in [0.1, 0.15) is 0 Å². The monoisotopic (exact) mass is 420 g/mol. The van der Waals surface area contributed by atoms with E-state index in [1.165, 1.54) is 23.8 Å². The lowest BCUT2D eigenvalue weighted by atomic mass is 10.1. The fourth-order valence-corrected chi connectivity index (χ4v) is 5.21. The van der Waals surface area contributed by atoms with E-state index in [1.807, 2.05) is 30.3 Å². The first-order chi connectivity index (χ1) is 13.3. The van der Waals surface area contributed by atoms with Crippen molar-refractivity contribution < 1.29 is 18.0 Å². The molecule has 1 saturated heterocycles. The Morgan fingerprint density at radius 1 is 1.21 bits per heavy atom. The van der Waals surface area contributed by atoms with Crippen molar-refractivity contribution in [2.75, 3.05) is 16.6 Å². The number of hydrogen-bond donors (Lipinski definition) is 1. The van der Waals surface area contributed by atoms with Crippen molar-refractivity contribution in [1.82, 2.24) is 5.32 Å². The van der Waals surface area contributed by atoms with Crippen LogP contribution in [0.15, 0.2) is 48.5 Å². The lowest BCUT2D eigenvalue weighted by Crippen LogP contribution is -2.30. The molecule has 1 heterocycles. The summed E-state index contributed by atoms with van der Waals surface area (Å²) in [6.07, 6.45) is 1.63. The summed E-state index contributed by atoms with van der Waals surface area (Å²) in [4.78, 5) is 24.5. The van der Waals surface area contributed by atoms with Crippen molar-refractivity contribution in [1.29, 1.82) is 0 Å². The van der Waals surface area contributed by atoms with Crippen LogP contribution >= 0.6 is 11.6 Å². The number of benzene rings is 2. The van der Waals surface area contributed by atoms with Crippen molar-refractivity contribution >= 4 is 39.1 Å². The minimum absolute atomic E-state index is 0.0978. The van der Waals surface area contributed by atoms with Gasteiger partial charge in [-0.05, 0) is 36.6 Å². The summed E-state index contributed by atoms with van der Waals surface area (Å²) in [5.74, 6) is -1.66. The maximum Gasteiger partial charge on any atom is 0.252 e. The Kier molecular flexibility index (Phi) is 6.05. The van der Waals surface area contributed by atoms with E-state index in [0.29, 0.717) is 6.54 Å². The summed E-state index contributed by atoms with van der Waals surface area (Å²) in [5, 5.41) is 2.91. The van der Waals surface area contributed by atoms with E-state index in [1.54, 1.807) is 6.92 Å². The SMILES string of the molecule is CC1CS(=O)(=O)N(c2ccc(C(=O)NCCCc3ccccc3)c(Cl)c2)C1=O. The molecule has 0 radical (unpaired) electrons. The van der Waals surface area contributed by atoms with Crippen LogP contribution in [0.1, 0.15) is 29.3 Å². The number of nitrogens with one attached hydrogen (secondary N) is 1. The zero-order chi connectivity index (χ0) is 20.3. The molecule has 1 aliphatic rings. The molecule has 2 aromatic rings.